The van der Waals surface area contributed by atoms with Crippen LogP contribution in [0.4, 0.5) is 0 Å². The van der Waals surface area contributed by atoms with Crippen molar-refractivity contribution in [1.29, 1.82) is 0 Å². The van der Waals surface area contributed by atoms with Crippen LogP contribution in [0.15, 0.2) is 71.3 Å². The number of ether oxygens (including phenoxy) is 2. The van der Waals surface area contributed by atoms with E-state index in [9.17, 15) is 9.59 Å². The Morgan fingerprint density at radius 3 is 2.62 bits per heavy atom. The lowest BCUT2D eigenvalue weighted by Crippen LogP contribution is -2.41. The largest absolute Gasteiger partial charge is 0.494 e. The van der Waals surface area contributed by atoms with Gasteiger partial charge in [0.2, 0.25) is 11.8 Å². The van der Waals surface area contributed by atoms with Crippen molar-refractivity contribution in [2.45, 2.75) is 52.0 Å². The van der Waals surface area contributed by atoms with Crippen LogP contribution >= 0.6 is 0 Å². The van der Waals surface area contributed by atoms with Crippen LogP contribution in [0.2, 0.25) is 0 Å². The zero-order valence-electron chi connectivity index (χ0n) is 24.0. The molecule has 1 N–H and O–H groups in total. The molecule has 9 rings (SSSR count). The summed E-state index contributed by atoms with van der Waals surface area (Å²) in [5, 5.41) is 7.03. The third kappa shape index (κ3) is 6.03. The van der Waals surface area contributed by atoms with E-state index in [0.717, 1.165) is 50.8 Å². The Morgan fingerprint density at radius 1 is 0.976 bits per heavy atom. The predicted molar refractivity (Wildman–Crippen MR) is 158 cm³/mol. The molecular weight excluding hydrogens is 530 g/mol. The first-order chi connectivity index (χ1) is 20.4. The summed E-state index contributed by atoms with van der Waals surface area (Å²) in [6.45, 7) is 5.31. The van der Waals surface area contributed by atoms with E-state index in [-0.39, 0.29) is 24.3 Å². The maximum atomic E-state index is 13.9. The molecule has 0 fully saturated rings. The molecule has 42 heavy (non-hydrogen) atoms. The van der Waals surface area contributed by atoms with Crippen molar-refractivity contribution in [2.75, 3.05) is 19.7 Å². The molecule has 0 spiro atoms. The smallest absolute Gasteiger partial charge is 0.227 e. The zero-order chi connectivity index (χ0) is 29.1. The van der Waals surface area contributed by atoms with E-state index in [1.165, 1.54) is 0 Å². The van der Waals surface area contributed by atoms with Gasteiger partial charge in [-0.3, -0.25) is 9.59 Å². The second-order valence-electron chi connectivity index (χ2n) is 11.0. The van der Waals surface area contributed by atoms with Gasteiger partial charge < -0.3 is 24.2 Å². The van der Waals surface area contributed by atoms with Crippen molar-refractivity contribution in [2.24, 2.45) is 0 Å². The van der Waals surface area contributed by atoms with Crippen molar-refractivity contribution in [1.82, 2.24) is 15.4 Å². The highest BCUT2D eigenvalue weighted by atomic mass is 16.5. The highest BCUT2D eigenvalue weighted by Crippen LogP contribution is 2.39. The van der Waals surface area contributed by atoms with Crippen LogP contribution in [-0.4, -0.2) is 41.6 Å². The Balaban J connectivity index is 1.35. The molecular formula is C34H35N3O5. The van der Waals surface area contributed by atoms with Gasteiger partial charge in [-0.15, -0.1) is 0 Å². The van der Waals surface area contributed by atoms with Crippen LogP contribution in [0.1, 0.15) is 58.2 Å². The number of carbonyl (C=O) groups is 2. The molecule has 8 heteroatoms. The number of aryl methyl sites for hydroxylation is 3. The van der Waals surface area contributed by atoms with Crippen LogP contribution in [0.5, 0.6) is 17.2 Å². The first-order valence-corrected chi connectivity index (χ1v) is 14.5. The van der Waals surface area contributed by atoms with Gasteiger partial charge in [0, 0.05) is 25.1 Å². The van der Waals surface area contributed by atoms with Crippen molar-refractivity contribution in [3.05, 3.63) is 106 Å². The van der Waals surface area contributed by atoms with Gasteiger partial charge in [0.1, 0.15) is 23.0 Å². The minimum atomic E-state index is -0.285. The predicted octanol–water partition coefficient (Wildman–Crippen LogP) is 5.63. The Labute approximate surface area is 245 Å². The summed E-state index contributed by atoms with van der Waals surface area (Å²) in [7, 11) is 0. The highest BCUT2D eigenvalue weighted by molar-refractivity contribution is 5.81. The summed E-state index contributed by atoms with van der Waals surface area (Å²) in [5.74, 6) is 2.94. The SMILES string of the molecule is Cc1noc(C)c1CC(=O)N1CCc2cc3ccc2C1c1cccc(c1)OCCCNC(=O)CCc1ccc(cc1)O3. The van der Waals surface area contributed by atoms with Gasteiger partial charge in [0.05, 0.1) is 24.8 Å². The number of nitrogens with zero attached hydrogens (tertiary/aromatic N) is 2. The minimum Gasteiger partial charge on any atom is -0.494 e. The lowest BCUT2D eigenvalue weighted by atomic mass is 9.87. The van der Waals surface area contributed by atoms with E-state index < -0.39 is 0 Å². The summed E-state index contributed by atoms with van der Waals surface area (Å²) in [4.78, 5) is 28.1. The molecule has 4 aromatic rings. The zero-order valence-corrected chi connectivity index (χ0v) is 24.0. The third-order valence-corrected chi connectivity index (χ3v) is 8.06. The maximum Gasteiger partial charge on any atom is 0.227 e. The molecule has 0 saturated carbocycles. The van der Waals surface area contributed by atoms with Crippen molar-refractivity contribution < 1.29 is 23.6 Å². The highest BCUT2D eigenvalue weighted by Gasteiger charge is 2.33. The second-order valence-corrected chi connectivity index (χ2v) is 11.0. The summed E-state index contributed by atoms with van der Waals surface area (Å²) in [6, 6.07) is 21.7. The molecule has 5 aliphatic rings. The number of nitrogens with one attached hydrogen (secondary N) is 1. The number of hydrogen-bond donors (Lipinski definition) is 1. The van der Waals surface area contributed by atoms with Crippen molar-refractivity contribution in [3.63, 3.8) is 0 Å². The van der Waals surface area contributed by atoms with Crippen molar-refractivity contribution >= 4 is 11.8 Å². The van der Waals surface area contributed by atoms with Crippen LogP contribution in [0, 0.1) is 13.8 Å². The first-order valence-electron chi connectivity index (χ1n) is 14.5. The Hall–Kier alpha value is -4.59. The first kappa shape index (κ1) is 27.6. The van der Waals surface area contributed by atoms with Gasteiger partial charge in [0.15, 0.2) is 0 Å². The number of benzene rings is 3. The molecule has 216 valence electrons. The van der Waals surface area contributed by atoms with Gasteiger partial charge in [-0.05, 0) is 91.8 Å². The molecule has 1 atom stereocenters. The van der Waals surface area contributed by atoms with E-state index in [2.05, 4.69) is 22.6 Å². The van der Waals surface area contributed by atoms with E-state index in [1.807, 2.05) is 73.3 Å². The monoisotopic (exact) mass is 565 g/mol. The van der Waals surface area contributed by atoms with Gasteiger partial charge in [0.25, 0.3) is 0 Å². The number of hydrogen-bond acceptors (Lipinski definition) is 6. The molecule has 1 aromatic heterocycles. The molecule has 1 unspecified atom stereocenters. The van der Waals surface area contributed by atoms with E-state index >= 15 is 0 Å². The molecule has 6 heterocycles. The maximum absolute atomic E-state index is 13.9. The summed E-state index contributed by atoms with van der Waals surface area (Å²) in [6.07, 6.45) is 2.74. The fourth-order valence-corrected chi connectivity index (χ4v) is 5.77. The minimum absolute atomic E-state index is 0.0213. The van der Waals surface area contributed by atoms with Crippen LogP contribution < -0.4 is 14.8 Å². The Morgan fingerprint density at radius 2 is 1.81 bits per heavy atom. The Kier molecular flexibility index (Phi) is 7.95. The van der Waals surface area contributed by atoms with Gasteiger partial charge in [-0.1, -0.05) is 35.5 Å². The number of rotatable bonds is 2. The molecule has 2 amide bonds. The average Bonchev–Trinajstić information content (AvgIpc) is 3.31. The molecule has 0 radical (unpaired) electrons. The quantitative estimate of drug-likeness (QED) is 0.339. The molecule has 0 aliphatic carbocycles. The fraction of sp³-hybridized carbons (Fsp3) is 0.324. The fourth-order valence-electron chi connectivity index (χ4n) is 5.77. The van der Waals surface area contributed by atoms with E-state index in [1.54, 1.807) is 0 Å². The Bertz CT molecular complexity index is 1570. The molecule has 8 nitrogen and oxygen atoms in total. The molecule has 8 bridgehead atoms. The van der Waals surface area contributed by atoms with Gasteiger partial charge in [-0.2, -0.15) is 0 Å². The number of amides is 2. The lowest BCUT2D eigenvalue weighted by Gasteiger charge is -2.38. The second kappa shape index (κ2) is 12.1. The third-order valence-electron chi connectivity index (χ3n) is 8.06. The molecule has 5 aliphatic heterocycles. The van der Waals surface area contributed by atoms with Crippen LogP contribution in [0.3, 0.4) is 0 Å². The van der Waals surface area contributed by atoms with Crippen LogP contribution in [0.25, 0.3) is 0 Å². The molecule has 3 aromatic carbocycles. The standard InChI is InChI=1S/C34H35N3O5/c1-22-31(23(2)42-36-22)21-33(39)37-17-15-25-19-29-12-13-30(25)34(37)26-5-3-6-28(20-26)40-18-4-16-35-32(38)14-9-24-7-10-27(41-29)11-8-24/h3,5-8,10-13,19-20,34H,4,9,14-18,21H2,1-2H3,(H,35,38). The number of carbonyl (C=O) groups excluding carboxylic acids is 2. The van der Waals surface area contributed by atoms with Gasteiger partial charge in [-0.25, -0.2) is 0 Å². The van der Waals surface area contributed by atoms with E-state index in [0.29, 0.717) is 51.1 Å². The van der Waals surface area contributed by atoms with Crippen LogP contribution in [-0.2, 0) is 28.9 Å². The molecule has 0 saturated heterocycles. The lowest BCUT2D eigenvalue weighted by molar-refractivity contribution is -0.132. The normalized spacial score (nSPS) is 17.1. The summed E-state index contributed by atoms with van der Waals surface area (Å²) < 4.78 is 17.6. The van der Waals surface area contributed by atoms with Gasteiger partial charge >= 0.3 is 0 Å². The summed E-state index contributed by atoms with van der Waals surface area (Å²) in [5.41, 5.74) is 5.86. The average molecular weight is 566 g/mol. The van der Waals surface area contributed by atoms with Crippen molar-refractivity contribution in [3.8, 4) is 17.2 Å². The summed E-state index contributed by atoms with van der Waals surface area (Å²) >= 11 is 0. The number of aromatic nitrogens is 1. The topological polar surface area (TPSA) is 93.9 Å². The van der Waals surface area contributed by atoms with E-state index in [4.69, 9.17) is 14.0 Å².